The molecule has 0 saturated carbocycles. The number of fused-ring (bicyclic) bond motifs is 1. The van der Waals surface area contributed by atoms with Crippen LogP contribution in [-0.2, 0) is 19.5 Å². The van der Waals surface area contributed by atoms with Gasteiger partial charge in [-0.25, -0.2) is 4.98 Å². The Morgan fingerprint density at radius 1 is 1.23 bits per heavy atom. The Hall–Kier alpha value is -2.34. The van der Waals surface area contributed by atoms with E-state index in [0.29, 0.717) is 12.6 Å². The van der Waals surface area contributed by atoms with E-state index in [2.05, 4.69) is 21.7 Å². The number of hydrogen-bond acceptors (Lipinski definition) is 5. The zero-order valence-corrected chi connectivity index (χ0v) is 15.2. The van der Waals surface area contributed by atoms with Crippen molar-refractivity contribution in [2.24, 2.45) is 0 Å². The van der Waals surface area contributed by atoms with Crippen LogP contribution in [0.1, 0.15) is 43.0 Å². The topological polar surface area (TPSA) is 72.5 Å². The number of phenolic OH excluding ortho intramolecular Hbond substituents is 1. The molecule has 0 amide bonds. The van der Waals surface area contributed by atoms with E-state index in [1.54, 1.807) is 12.1 Å². The van der Waals surface area contributed by atoms with Crippen molar-refractivity contribution in [2.75, 3.05) is 18.0 Å². The summed E-state index contributed by atoms with van der Waals surface area (Å²) in [6.07, 6.45) is 4.27. The van der Waals surface area contributed by atoms with Crippen LogP contribution in [0.25, 0.3) is 0 Å². The fourth-order valence-electron chi connectivity index (χ4n) is 4.02. The number of rotatable bonds is 3. The molecule has 2 aromatic rings. The Balaban J connectivity index is 1.55. The highest BCUT2D eigenvalue weighted by molar-refractivity contribution is 5.36. The van der Waals surface area contributed by atoms with Crippen LogP contribution < -0.4 is 10.5 Å². The fourth-order valence-corrected chi connectivity index (χ4v) is 4.02. The standard InChI is InChI=1S/C20H26N4O2/c1-14-4-2-3-10-24(14)20-21-18-13-23(11-9-17(18)19(26)22-20)12-15-5-7-16(25)8-6-15/h5-8,14,25H,2-4,9-13H2,1H3,(H,21,22,26)/t14-/m1/s1. The molecule has 4 rings (SSSR count). The van der Waals surface area contributed by atoms with Gasteiger partial charge in [0.15, 0.2) is 0 Å². The Morgan fingerprint density at radius 3 is 2.81 bits per heavy atom. The summed E-state index contributed by atoms with van der Waals surface area (Å²) in [7, 11) is 0. The van der Waals surface area contributed by atoms with Gasteiger partial charge in [-0.1, -0.05) is 12.1 Å². The van der Waals surface area contributed by atoms with Gasteiger partial charge in [0.2, 0.25) is 5.95 Å². The van der Waals surface area contributed by atoms with Crippen molar-refractivity contribution in [3.8, 4) is 5.75 Å². The molecular formula is C20H26N4O2. The first-order valence-corrected chi connectivity index (χ1v) is 9.49. The maximum absolute atomic E-state index is 12.6. The normalized spacial score (nSPS) is 20.8. The molecule has 1 aromatic carbocycles. The molecule has 138 valence electrons. The van der Waals surface area contributed by atoms with Crippen LogP contribution in [0.2, 0.25) is 0 Å². The van der Waals surface area contributed by atoms with Crippen LogP contribution in [0.15, 0.2) is 29.1 Å². The molecule has 1 saturated heterocycles. The largest absolute Gasteiger partial charge is 0.508 e. The van der Waals surface area contributed by atoms with Gasteiger partial charge >= 0.3 is 0 Å². The van der Waals surface area contributed by atoms with Crippen LogP contribution in [0.4, 0.5) is 5.95 Å². The van der Waals surface area contributed by atoms with Crippen molar-refractivity contribution >= 4 is 5.95 Å². The highest BCUT2D eigenvalue weighted by atomic mass is 16.3. The lowest BCUT2D eigenvalue weighted by atomic mass is 10.0. The van der Waals surface area contributed by atoms with Gasteiger partial charge in [-0.3, -0.25) is 14.7 Å². The highest BCUT2D eigenvalue weighted by Crippen LogP contribution is 2.23. The van der Waals surface area contributed by atoms with Crippen molar-refractivity contribution in [3.05, 3.63) is 51.4 Å². The van der Waals surface area contributed by atoms with E-state index in [-0.39, 0.29) is 11.3 Å². The molecule has 1 fully saturated rings. The number of hydrogen-bond donors (Lipinski definition) is 2. The average Bonchev–Trinajstić information content (AvgIpc) is 2.64. The summed E-state index contributed by atoms with van der Waals surface area (Å²) in [5.74, 6) is 1.01. The van der Waals surface area contributed by atoms with Crippen molar-refractivity contribution < 1.29 is 5.11 Å². The zero-order chi connectivity index (χ0) is 18.1. The number of phenols is 1. The van der Waals surface area contributed by atoms with Gasteiger partial charge in [0, 0.05) is 37.8 Å². The Kier molecular flexibility index (Phi) is 4.68. The molecular weight excluding hydrogens is 328 g/mol. The second-order valence-corrected chi connectivity index (χ2v) is 7.48. The number of piperidine rings is 1. The zero-order valence-electron chi connectivity index (χ0n) is 15.2. The summed E-state index contributed by atoms with van der Waals surface area (Å²) in [5, 5.41) is 9.43. The third-order valence-corrected chi connectivity index (χ3v) is 5.56. The third kappa shape index (κ3) is 3.46. The van der Waals surface area contributed by atoms with Crippen LogP contribution in [0.3, 0.4) is 0 Å². The molecule has 0 aliphatic carbocycles. The van der Waals surface area contributed by atoms with Crippen molar-refractivity contribution in [2.45, 2.75) is 51.7 Å². The maximum Gasteiger partial charge on any atom is 0.255 e. The lowest BCUT2D eigenvalue weighted by Gasteiger charge is -2.35. The highest BCUT2D eigenvalue weighted by Gasteiger charge is 2.25. The molecule has 3 heterocycles. The van der Waals surface area contributed by atoms with E-state index >= 15 is 0 Å². The predicted octanol–water partition coefficient (Wildman–Crippen LogP) is 2.41. The molecule has 0 unspecified atom stereocenters. The smallest absolute Gasteiger partial charge is 0.255 e. The first-order valence-electron chi connectivity index (χ1n) is 9.49. The predicted molar refractivity (Wildman–Crippen MR) is 101 cm³/mol. The van der Waals surface area contributed by atoms with Crippen LogP contribution >= 0.6 is 0 Å². The van der Waals surface area contributed by atoms with E-state index in [1.807, 2.05) is 12.1 Å². The molecule has 0 spiro atoms. The number of nitrogens with one attached hydrogen (secondary N) is 1. The lowest BCUT2D eigenvalue weighted by Crippen LogP contribution is -2.41. The number of aromatic hydroxyl groups is 1. The third-order valence-electron chi connectivity index (χ3n) is 5.56. The summed E-state index contributed by atoms with van der Waals surface area (Å²) < 4.78 is 0. The van der Waals surface area contributed by atoms with E-state index in [0.717, 1.165) is 61.7 Å². The molecule has 2 aliphatic heterocycles. The summed E-state index contributed by atoms with van der Waals surface area (Å²) in [6.45, 7) is 5.49. The fraction of sp³-hybridized carbons (Fsp3) is 0.500. The first kappa shape index (κ1) is 17.1. The summed E-state index contributed by atoms with van der Waals surface area (Å²) in [4.78, 5) is 25.0. The molecule has 1 atom stereocenters. The SMILES string of the molecule is C[C@@H]1CCCCN1c1nc2c(c(=O)[nH]1)CCN(Cc1ccc(O)cc1)C2. The van der Waals surface area contributed by atoms with Crippen LogP contribution in [-0.4, -0.2) is 39.1 Å². The molecule has 6 heteroatoms. The summed E-state index contributed by atoms with van der Waals surface area (Å²) in [5.41, 5.74) is 2.92. The average molecular weight is 354 g/mol. The van der Waals surface area contributed by atoms with Gasteiger partial charge in [0.1, 0.15) is 5.75 Å². The molecule has 2 aliphatic rings. The first-order chi connectivity index (χ1) is 12.6. The van der Waals surface area contributed by atoms with Gasteiger partial charge in [-0.15, -0.1) is 0 Å². The van der Waals surface area contributed by atoms with E-state index in [9.17, 15) is 9.90 Å². The minimum absolute atomic E-state index is 0.0204. The quantitative estimate of drug-likeness (QED) is 0.886. The number of aromatic amines is 1. The van der Waals surface area contributed by atoms with Crippen LogP contribution in [0, 0.1) is 0 Å². The van der Waals surface area contributed by atoms with Gasteiger partial charge < -0.3 is 10.0 Å². The second-order valence-electron chi connectivity index (χ2n) is 7.48. The Morgan fingerprint density at radius 2 is 2.04 bits per heavy atom. The summed E-state index contributed by atoms with van der Waals surface area (Å²) in [6, 6.07) is 7.73. The van der Waals surface area contributed by atoms with Crippen molar-refractivity contribution in [1.82, 2.24) is 14.9 Å². The van der Waals surface area contributed by atoms with E-state index in [1.165, 1.54) is 6.42 Å². The number of nitrogens with zero attached hydrogens (tertiary/aromatic N) is 3. The maximum atomic E-state index is 12.6. The number of H-pyrrole nitrogens is 1. The number of benzene rings is 1. The monoisotopic (exact) mass is 354 g/mol. The molecule has 0 bridgehead atoms. The minimum atomic E-state index is 0.0204. The molecule has 2 N–H and O–H groups in total. The van der Waals surface area contributed by atoms with Gasteiger partial charge in [-0.05, 0) is 50.3 Å². The molecule has 26 heavy (non-hydrogen) atoms. The molecule has 0 radical (unpaired) electrons. The van der Waals surface area contributed by atoms with E-state index < -0.39 is 0 Å². The summed E-state index contributed by atoms with van der Waals surface area (Å²) >= 11 is 0. The Bertz CT molecular complexity index is 831. The minimum Gasteiger partial charge on any atom is -0.508 e. The van der Waals surface area contributed by atoms with Crippen molar-refractivity contribution in [1.29, 1.82) is 0 Å². The molecule has 1 aromatic heterocycles. The molecule has 6 nitrogen and oxygen atoms in total. The second kappa shape index (κ2) is 7.11. The lowest BCUT2D eigenvalue weighted by molar-refractivity contribution is 0.240. The number of aromatic nitrogens is 2. The Labute approximate surface area is 153 Å². The van der Waals surface area contributed by atoms with Crippen LogP contribution in [0.5, 0.6) is 5.75 Å². The van der Waals surface area contributed by atoms with E-state index in [4.69, 9.17) is 4.98 Å². The number of anilines is 1. The van der Waals surface area contributed by atoms with Crippen molar-refractivity contribution in [3.63, 3.8) is 0 Å². The van der Waals surface area contributed by atoms with Gasteiger partial charge in [0.25, 0.3) is 5.56 Å². The van der Waals surface area contributed by atoms with Gasteiger partial charge in [0.05, 0.1) is 5.69 Å². The van der Waals surface area contributed by atoms with Gasteiger partial charge in [-0.2, -0.15) is 0 Å².